The zero-order chi connectivity index (χ0) is 15.0. The number of hydrogen-bond acceptors (Lipinski definition) is 7. The molecule has 0 bridgehead atoms. The molecule has 0 spiro atoms. The summed E-state index contributed by atoms with van der Waals surface area (Å²) in [5.74, 6) is -1.30. The van der Waals surface area contributed by atoms with Crippen LogP contribution in [-0.4, -0.2) is 49.9 Å². The second-order valence-corrected chi connectivity index (χ2v) is 6.69. The number of aliphatic carboxylic acids is 1. The third-order valence-corrected chi connectivity index (χ3v) is 5.16. The first-order valence-electron chi connectivity index (χ1n) is 6.14. The Morgan fingerprint density at radius 1 is 1.52 bits per heavy atom. The minimum atomic E-state index is -1.12. The van der Waals surface area contributed by atoms with Gasteiger partial charge in [0.25, 0.3) is 0 Å². The predicted molar refractivity (Wildman–Crippen MR) is 76.6 cm³/mol. The summed E-state index contributed by atoms with van der Waals surface area (Å²) in [6.07, 6.45) is 2.95. The standard InChI is InChI=1S/C12H11N3O4S2/c16-8(4-9-13-1-2-20-9)14-6-5-15-7(12(18)19)3-10(17)21-11(6)15/h1-3,6,11H,4-5H2,(H,14,16)(H,18,19). The Bertz CT molecular complexity index is 628. The van der Waals surface area contributed by atoms with Crippen LogP contribution in [0.2, 0.25) is 0 Å². The fourth-order valence-electron chi connectivity index (χ4n) is 2.25. The number of nitrogens with one attached hydrogen (secondary N) is 1. The average molecular weight is 325 g/mol. The van der Waals surface area contributed by atoms with Gasteiger partial charge in [0.05, 0.1) is 12.5 Å². The Kier molecular flexibility index (Phi) is 3.68. The van der Waals surface area contributed by atoms with E-state index in [9.17, 15) is 14.4 Å². The van der Waals surface area contributed by atoms with Crippen molar-refractivity contribution in [2.75, 3.05) is 6.54 Å². The third-order valence-electron chi connectivity index (χ3n) is 3.21. The van der Waals surface area contributed by atoms with Gasteiger partial charge < -0.3 is 15.3 Å². The Morgan fingerprint density at radius 3 is 3.00 bits per heavy atom. The summed E-state index contributed by atoms with van der Waals surface area (Å²) in [5, 5.41) is 13.8. The molecule has 0 radical (unpaired) electrons. The van der Waals surface area contributed by atoms with Gasteiger partial charge in [0, 0.05) is 24.2 Å². The molecule has 9 heteroatoms. The number of thioether (sulfide) groups is 1. The van der Waals surface area contributed by atoms with Gasteiger partial charge in [-0.3, -0.25) is 9.59 Å². The van der Waals surface area contributed by atoms with Crippen LogP contribution in [0.25, 0.3) is 0 Å². The first kappa shape index (κ1) is 14.1. The Balaban J connectivity index is 1.61. The topological polar surface area (TPSA) is 99.6 Å². The molecular formula is C12H11N3O4S2. The molecule has 0 aromatic carbocycles. The fraction of sp³-hybridized carbons (Fsp3) is 0.333. The molecule has 1 amide bonds. The molecule has 0 saturated carbocycles. The van der Waals surface area contributed by atoms with Gasteiger partial charge in [-0.25, -0.2) is 9.78 Å². The van der Waals surface area contributed by atoms with Gasteiger partial charge in [-0.1, -0.05) is 11.8 Å². The van der Waals surface area contributed by atoms with Crippen LogP contribution < -0.4 is 5.32 Å². The van der Waals surface area contributed by atoms with Crippen LogP contribution in [0.15, 0.2) is 23.3 Å². The summed E-state index contributed by atoms with van der Waals surface area (Å²) >= 11 is 2.44. The van der Waals surface area contributed by atoms with Crippen LogP contribution in [0.4, 0.5) is 0 Å². The molecule has 110 valence electrons. The summed E-state index contributed by atoms with van der Waals surface area (Å²) in [7, 11) is 0. The maximum atomic E-state index is 11.9. The van der Waals surface area contributed by atoms with E-state index < -0.39 is 5.97 Å². The van der Waals surface area contributed by atoms with E-state index in [2.05, 4.69) is 10.3 Å². The lowest BCUT2D eigenvalue weighted by molar-refractivity contribution is -0.136. The first-order chi connectivity index (χ1) is 10.0. The Hall–Kier alpha value is -1.87. The molecule has 1 saturated heterocycles. The fourth-order valence-corrected chi connectivity index (χ4v) is 3.93. The molecule has 2 aliphatic rings. The number of aromatic nitrogens is 1. The van der Waals surface area contributed by atoms with Crippen molar-refractivity contribution >= 4 is 40.1 Å². The Labute approximate surface area is 128 Å². The number of thiazole rings is 1. The highest BCUT2D eigenvalue weighted by Gasteiger charge is 2.46. The molecule has 1 fully saturated rings. The van der Waals surface area contributed by atoms with Gasteiger partial charge in [-0.05, 0) is 0 Å². The highest BCUT2D eigenvalue weighted by molar-refractivity contribution is 8.14. The lowest BCUT2D eigenvalue weighted by Crippen LogP contribution is -2.66. The second kappa shape index (κ2) is 5.49. The van der Waals surface area contributed by atoms with E-state index in [1.54, 1.807) is 16.5 Å². The minimum absolute atomic E-state index is 0.00540. The van der Waals surface area contributed by atoms with Crippen molar-refractivity contribution < 1.29 is 19.5 Å². The first-order valence-corrected chi connectivity index (χ1v) is 7.90. The van der Waals surface area contributed by atoms with Crippen LogP contribution >= 0.6 is 23.1 Å². The van der Waals surface area contributed by atoms with Crippen LogP contribution in [-0.2, 0) is 20.8 Å². The molecule has 2 unspecified atom stereocenters. The summed E-state index contributed by atoms with van der Waals surface area (Å²) in [6.45, 7) is 0.396. The molecule has 3 heterocycles. The van der Waals surface area contributed by atoms with Crippen molar-refractivity contribution in [3.63, 3.8) is 0 Å². The maximum Gasteiger partial charge on any atom is 0.352 e. The lowest BCUT2D eigenvalue weighted by Gasteiger charge is -2.50. The van der Waals surface area contributed by atoms with E-state index in [0.29, 0.717) is 6.54 Å². The average Bonchev–Trinajstić information content (AvgIpc) is 2.90. The normalized spacial score (nSPS) is 23.9. The summed E-state index contributed by atoms with van der Waals surface area (Å²) in [5.41, 5.74) is -0.00540. The lowest BCUT2D eigenvalue weighted by atomic mass is 10.1. The number of carbonyl (C=O) groups is 3. The molecule has 1 aromatic heterocycles. The summed E-state index contributed by atoms with van der Waals surface area (Å²) in [6, 6.07) is -0.227. The Morgan fingerprint density at radius 2 is 2.33 bits per heavy atom. The number of carboxylic acid groups (broad SMARTS) is 1. The number of fused-ring (bicyclic) bond motifs is 1. The van der Waals surface area contributed by atoms with Crippen molar-refractivity contribution in [1.29, 1.82) is 0 Å². The smallest absolute Gasteiger partial charge is 0.352 e. The molecule has 3 rings (SSSR count). The van der Waals surface area contributed by atoms with Crippen molar-refractivity contribution in [2.24, 2.45) is 0 Å². The van der Waals surface area contributed by atoms with Gasteiger partial charge >= 0.3 is 5.97 Å². The molecule has 2 atom stereocenters. The van der Waals surface area contributed by atoms with Gasteiger partial charge in [-0.2, -0.15) is 0 Å². The van der Waals surface area contributed by atoms with Gasteiger partial charge in [-0.15, -0.1) is 11.3 Å². The van der Waals surface area contributed by atoms with Crippen LogP contribution in [0, 0.1) is 0 Å². The van der Waals surface area contributed by atoms with Gasteiger partial charge in [0.15, 0.2) is 0 Å². The zero-order valence-electron chi connectivity index (χ0n) is 10.7. The molecule has 2 aliphatic heterocycles. The highest BCUT2D eigenvalue weighted by Crippen LogP contribution is 2.37. The number of amides is 1. The zero-order valence-corrected chi connectivity index (χ0v) is 12.3. The third kappa shape index (κ3) is 2.79. The van der Waals surface area contributed by atoms with Gasteiger partial charge in [0.1, 0.15) is 16.1 Å². The number of carbonyl (C=O) groups excluding carboxylic acids is 2. The van der Waals surface area contributed by atoms with E-state index in [0.717, 1.165) is 22.8 Å². The molecule has 1 aromatic rings. The highest BCUT2D eigenvalue weighted by atomic mass is 32.2. The van der Waals surface area contributed by atoms with E-state index >= 15 is 0 Å². The van der Waals surface area contributed by atoms with E-state index in [1.165, 1.54) is 11.3 Å². The SMILES string of the molecule is O=C(Cc1nccs1)NC1CN2C(C(=O)O)=CC(=O)SC12. The largest absolute Gasteiger partial charge is 0.477 e. The molecule has 21 heavy (non-hydrogen) atoms. The molecule has 2 N–H and O–H groups in total. The van der Waals surface area contributed by atoms with E-state index in [1.807, 2.05) is 0 Å². The van der Waals surface area contributed by atoms with Crippen molar-refractivity contribution in [1.82, 2.24) is 15.2 Å². The number of nitrogens with zero attached hydrogens (tertiary/aromatic N) is 2. The molecule has 0 aliphatic carbocycles. The quantitative estimate of drug-likeness (QED) is 0.807. The maximum absolute atomic E-state index is 11.9. The van der Waals surface area contributed by atoms with Crippen LogP contribution in [0.1, 0.15) is 5.01 Å². The number of rotatable bonds is 4. The number of hydrogen-bond donors (Lipinski definition) is 2. The van der Waals surface area contributed by atoms with Gasteiger partial charge in [0.2, 0.25) is 11.0 Å². The summed E-state index contributed by atoms with van der Waals surface area (Å²) < 4.78 is 0. The van der Waals surface area contributed by atoms with Crippen molar-refractivity contribution in [2.45, 2.75) is 17.8 Å². The minimum Gasteiger partial charge on any atom is -0.477 e. The van der Waals surface area contributed by atoms with Crippen LogP contribution in [0.5, 0.6) is 0 Å². The summed E-state index contributed by atoms with van der Waals surface area (Å²) in [4.78, 5) is 40.1. The van der Waals surface area contributed by atoms with Crippen molar-refractivity contribution in [3.05, 3.63) is 28.4 Å². The van der Waals surface area contributed by atoms with E-state index in [-0.39, 0.29) is 34.6 Å². The van der Waals surface area contributed by atoms with E-state index in [4.69, 9.17) is 5.11 Å². The molecular weight excluding hydrogens is 314 g/mol. The van der Waals surface area contributed by atoms with Crippen molar-refractivity contribution in [3.8, 4) is 0 Å². The predicted octanol–water partition coefficient (Wildman–Crippen LogP) is 0.0540. The second-order valence-electron chi connectivity index (χ2n) is 4.59. The molecule has 7 nitrogen and oxygen atoms in total. The van der Waals surface area contributed by atoms with Crippen LogP contribution in [0.3, 0.4) is 0 Å². The monoisotopic (exact) mass is 325 g/mol. The number of carboxylic acids is 1.